The number of benzene rings is 1. The van der Waals surface area contributed by atoms with Crippen molar-refractivity contribution in [2.75, 3.05) is 20.3 Å². The summed E-state index contributed by atoms with van der Waals surface area (Å²) < 4.78 is 37.6. The van der Waals surface area contributed by atoms with E-state index in [0.29, 0.717) is 28.1 Å². The molecule has 0 atom stereocenters. The van der Waals surface area contributed by atoms with Crippen molar-refractivity contribution >= 4 is 21.8 Å². The van der Waals surface area contributed by atoms with Crippen molar-refractivity contribution in [1.82, 2.24) is 14.9 Å². The zero-order valence-corrected chi connectivity index (χ0v) is 15.3. The van der Waals surface area contributed by atoms with Crippen LogP contribution >= 0.6 is 15.9 Å². The molecule has 0 saturated heterocycles. The minimum Gasteiger partial charge on any atom is -0.493 e. The normalized spacial score (nSPS) is 10.8. The lowest BCUT2D eigenvalue weighted by Crippen LogP contribution is -2.26. The molecule has 2 aromatic rings. The maximum atomic E-state index is 12.7. The van der Waals surface area contributed by atoms with Gasteiger partial charge in [-0.05, 0) is 35.0 Å². The number of alkyl halides is 2. The predicted octanol–water partition coefficient (Wildman–Crippen LogP) is 3.42. The van der Waals surface area contributed by atoms with Gasteiger partial charge in [0.1, 0.15) is 5.82 Å². The van der Waals surface area contributed by atoms with Crippen LogP contribution in [0.4, 0.5) is 8.78 Å². The highest BCUT2D eigenvalue weighted by molar-refractivity contribution is 9.10. The summed E-state index contributed by atoms with van der Waals surface area (Å²) >= 11 is 3.35. The lowest BCUT2D eigenvalue weighted by Gasteiger charge is -2.13. The van der Waals surface area contributed by atoms with Gasteiger partial charge in [-0.25, -0.2) is 4.98 Å². The number of carbonyl (C=O) groups excluding carboxylic acids is 1. The lowest BCUT2D eigenvalue weighted by molar-refractivity contribution is 0.0670. The van der Waals surface area contributed by atoms with Gasteiger partial charge in [0.05, 0.1) is 18.2 Å². The van der Waals surface area contributed by atoms with Crippen molar-refractivity contribution in [3.05, 3.63) is 40.4 Å². The summed E-state index contributed by atoms with van der Waals surface area (Å²) in [6.45, 7) is -0.178. The Morgan fingerprint density at radius 3 is 2.84 bits per heavy atom. The van der Waals surface area contributed by atoms with Gasteiger partial charge in [0.25, 0.3) is 5.91 Å². The molecule has 0 unspecified atom stereocenters. The molecule has 1 amide bonds. The van der Waals surface area contributed by atoms with Gasteiger partial charge < -0.3 is 14.8 Å². The third-order valence-electron chi connectivity index (χ3n) is 3.37. The van der Waals surface area contributed by atoms with E-state index in [-0.39, 0.29) is 24.7 Å². The summed E-state index contributed by atoms with van der Waals surface area (Å²) in [4.78, 5) is 16.1. The smallest absolute Gasteiger partial charge is 0.319 e. The predicted molar refractivity (Wildman–Crippen MR) is 91.4 cm³/mol. The first-order valence-corrected chi connectivity index (χ1v) is 8.35. The van der Waals surface area contributed by atoms with Gasteiger partial charge in [-0.3, -0.25) is 9.36 Å². The summed E-state index contributed by atoms with van der Waals surface area (Å²) in [5.41, 5.74) is 0.365. The van der Waals surface area contributed by atoms with E-state index in [4.69, 9.17) is 9.47 Å². The molecule has 0 bridgehead atoms. The molecule has 1 aromatic carbocycles. The molecule has 136 valence electrons. The third-order valence-corrected chi connectivity index (χ3v) is 3.96. The van der Waals surface area contributed by atoms with E-state index in [1.54, 1.807) is 12.1 Å². The molecular formula is C16H18BrF2N3O3. The second-order valence-corrected chi connectivity index (χ2v) is 5.81. The van der Waals surface area contributed by atoms with E-state index in [1.807, 2.05) is 6.92 Å². The maximum absolute atomic E-state index is 12.7. The van der Waals surface area contributed by atoms with Crippen LogP contribution in [0.5, 0.6) is 11.5 Å². The van der Waals surface area contributed by atoms with Crippen LogP contribution in [0.3, 0.4) is 0 Å². The van der Waals surface area contributed by atoms with Crippen LogP contribution in [-0.4, -0.2) is 35.7 Å². The molecule has 1 heterocycles. The van der Waals surface area contributed by atoms with Crippen LogP contribution in [0.25, 0.3) is 0 Å². The molecule has 0 aliphatic rings. The fourth-order valence-corrected chi connectivity index (χ4v) is 2.80. The molecule has 0 saturated carbocycles. The number of aromatic nitrogens is 2. The number of halogens is 3. The van der Waals surface area contributed by atoms with E-state index < -0.39 is 6.55 Å². The zero-order chi connectivity index (χ0) is 18.4. The number of hydrogen-bond donors (Lipinski definition) is 1. The Morgan fingerprint density at radius 1 is 1.44 bits per heavy atom. The summed E-state index contributed by atoms with van der Waals surface area (Å²) in [6, 6.07) is 3.17. The van der Waals surface area contributed by atoms with Gasteiger partial charge in [0, 0.05) is 30.9 Å². The first-order chi connectivity index (χ1) is 12.0. The molecule has 0 aliphatic carbocycles. The Kier molecular flexibility index (Phi) is 6.74. The summed E-state index contributed by atoms with van der Waals surface area (Å²) in [5, 5.41) is 2.68. The molecule has 1 aromatic heterocycles. The molecule has 25 heavy (non-hydrogen) atoms. The average molecular weight is 418 g/mol. The quantitative estimate of drug-likeness (QED) is 0.714. The fraction of sp³-hybridized carbons (Fsp3) is 0.375. The van der Waals surface area contributed by atoms with Gasteiger partial charge in [-0.1, -0.05) is 0 Å². The van der Waals surface area contributed by atoms with Crippen molar-refractivity contribution < 1.29 is 23.0 Å². The summed E-state index contributed by atoms with van der Waals surface area (Å²) in [6.07, 6.45) is 2.70. The van der Waals surface area contributed by atoms with E-state index in [1.165, 1.54) is 19.5 Å². The number of rotatable bonds is 8. The Bertz CT molecular complexity index is 737. The van der Waals surface area contributed by atoms with Crippen LogP contribution in [0.2, 0.25) is 0 Å². The monoisotopic (exact) mass is 417 g/mol. The van der Waals surface area contributed by atoms with Gasteiger partial charge in [0.15, 0.2) is 11.5 Å². The number of hydrogen-bond acceptors (Lipinski definition) is 4. The second-order valence-electron chi connectivity index (χ2n) is 4.96. The van der Waals surface area contributed by atoms with Crippen molar-refractivity contribution in [2.45, 2.75) is 19.9 Å². The van der Waals surface area contributed by atoms with E-state index >= 15 is 0 Å². The number of imidazole rings is 1. The van der Waals surface area contributed by atoms with Crippen LogP contribution in [0.1, 0.15) is 29.7 Å². The maximum Gasteiger partial charge on any atom is 0.319 e. The number of nitrogens with one attached hydrogen (secondary N) is 1. The van der Waals surface area contributed by atoms with Gasteiger partial charge in [0.2, 0.25) is 0 Å². The third kappa shape index (κ3) is 4.68. The molecule has 0 spiro atoms. The number of methoxy groups -OCH3 is 1. The average Bonchev–Trinajstić information content (AvgIpc) is 3.05. The Balaban J connectivity index is 2.03. The lowest BCUT2D eigenvalue weighted by atomic mass is 10.2. The van der Waals surface area contributed by atoms with Crippen molar-refractivity contribution in [3.8, 4) is 11.5 Å². The number of carbonyl (C=O) groups is 1. The molecule has 0 aliphatic heterocycles. The van der Waals surface area contributed by atoms with Gasteiger partial charge in [-0.2, -0.15) is 8.78 Å². The zero-order valence-electron chi connectivity index (χ0n) is 13.8. The number of nitrogens with zero attached hydrogens (tertiary/aromatic N) is 2. The second kappa shape index (κ2) is 8.80. The molecule has 0 radical (unpaired) electrons. The highest BCUT2D eigenvalue weighted by Crippen LogP contribution is 2.36. The molecule has 9 heteroatoms. The minimum atomic E-state index is -2.65. The van der Waals surface area contributed by atoms with Gasteiger partial charge >= 0.3 is 6.55 Å². The Labute approximate surface area is 152 Å². The number of ether oxygens (including phenoxy) is 2. The molecule has 2 rings (SSSR count). The number of amides is 1. The first kappa shape index (κ1) is 19.2. The van der Waals surface area contributed by atoms with Crippen molar-refractivity contribution in [2.24, 2.45) is 0 Å². The van der Waals surface area contributed by atoms with E-state index in [9.17, 15) is 13.6 Å². The molecule has 6 nitrogen and oxygen atoms in total. The molecule has 0 fully saturated rings. The highest BCUT2D eigenvalue weighted by Gasteiger charge is 2.16. The first-order valence-electron chi connectivity index (χ1n) is 7.56. The molecule has 1 N–H and O–H groups in total. The van der Waals surface area contributed by atoms with Crippen LogP contribution < -0.4 is 14.8 Å². The fourth-order valence-electron chi connectivity index (χ4n) is 2.24. The van der Waals surface area contributed by atoms with Crippen LogP contribution in [-0.2, 0) is 6.42 Å². The Morgan fingerprint density at radius 2 is 2.20 bits per heavy atom. The highest BCUT2D eigenvalue weighted by atomic mass is 79.9. The largest absolute Gasteiger partial charge is 0.493 e. The topological polar surface area (TPSA) is 65.4 Å². The standard InChI is InChI=1S/C16H18BrF2N3O3/c1-3-25-14-11(17)8-10(9-12(14)24-2)15(23)21-5-4-13-20-6-7-22(13)16(18)19/h6-9,16H,3-5H2,1-2H3,(H,21,23). The van der Waals surface area contributed by atoms with Crippen LogP contribution in [0, 0.1) is 0 Å². The van der Waals surface area contributed by atoms with Crippen molar-refractivity contribution in [1.29, 1.82) is 0 Å². The SMILES string of the molecule is CCOc1c(Br)cc(C(=O)NCCc2nccn2C(F)F)cc1OC. The minimum absolute atomic E-state index is 0.176. The summed E-state index contributed by atoms with van der Waals surface area (Å²) in [5.74, 6) is 0.799. The van der Waals surface area contributed by atoms with E-state index in [2.05, 4.69) is 26.2 Å². The van der Waals surface area contributed by atoms with Crippen LogP contribution in [0.15, 0.2) is 29.0 Å². The summed E-state index contributed by atoms with van der Waals surface area (Å²) in [7, 11) is 1.48. The van der Waals surface area contributed by atoms with E-state index in [0.717, 1.165) is 4.57 Å². The Hall–Kier alpha value is -2.16. The van der Waals surface area contributed by atoms with Crippen molar-refractivity contribution in [3.63, 3.8) is 0 Å². The van der Waals surface area contributed by atoms with Gasteiger partial charge in [-0.15, -0.1) is 0 Å². The molecular weight excluding hydrogens is 400 g/mol.